The van der Waals surface area contributed by atoms with Crippen molar-refractivity contribution in [2.45, 2.75) is 49.8 Å². The molecule has 146 valence electrons. The Morgan fingerprint density at radius 2 is 1.46 bits per heavy atom. The smallest absolute Gasteiger partial charge is 0.423 e. The molecule has 2 aromatic rings. The Hall–Kier alpha value is -1.73. The van der Waals surface area contributed by atoms with Gasteiger partial charge in [0.25, 0.3) is 0 Å². The number of fused-ring (bicyclic) bond motifs is 1. The maximum absolute atomic E-state index is 10.6. The van der Waals surface area contributed by atoms with Gasteiger partial charge >= 0.3 is 7.12 Å². The van der Waals surface area contributed by atoms with E-state index in [9.17, 15) is 10.1 Å². The molecule has 2 aliphatic rings. The van der Waals surface area contributed by atoms with Crippen LogP contribution in [0.2, 0.25) is 0 Å². The standard InChI is InChI=1S/C22H26BNO3S/c1-20(2,25)21(3,4)27-23(26)18-15-24-19(28-18)22(24,16-11-7-5-8-12-16)17-13-9-6-10-14-17/h5-15,19,25-26H,1-4H3. The SMILES string of the molecule is CC(C)(O)C(C)(C)OB(O)C1=CN2C(S1)C2(c1ccccc1)c1ccccc1. The van der Waals surface area contributed by atoms with Crippen LogP contribution in [0, 0.1) is 0 Å². The van der Waals surface area contributed by atoms with E-state index in [1.807, 2.05) is 18.3 Å². The fraction of sp³-hybridized carbons (Fsp3) is 0.364. The number of benzene rings is 2. The Bertz CT molecular complexity index is 840. The second kappa shape index (κ2) is 6.66. The van der Waals surface area contributed by atoms with Crippen molar-refractivity contribution in [1.82, 2.24) is 4.90 Å². The fourth-order valence-electron chi connectivity index (χ4n) is 3.63. The summed E-state index contributed by atoms with van der Waals surface area (Å²) in [6.45, 7) is 6.95. The molecule has 2 heterocycles. The van der Waals surface area contributed by atoms with Crippen molar-refractivity contribution in [3.63, 3.8) is 0 Å². The number of nitrogens with zero attached hydrogens (tertiary/aromatic N) is 1. The third kappa shape index (κ3) is 2.99. The highest BCUT2D eigenvalue weighted by atomic mass is 32.2. The molecule has 0 aliphatic carbocycles. The quantitative estimate of drug-likeness (QED) is 0.577. The lowest BCUT2D eigenvalue weighted by Gasteiger charge is -2.38. The van der Waals surface area contributed by atoms with Crippen LogP contribution in [0.3, 0.4) is 0 Å². The lowest BCUT2D eigenvalue weighted by molar-refractivity contribution is -0.0986. The summed E-state index contributed by atoms with van der Waals surface area (Å²) >= 11 is 1.63. The van der Waals surface area contributed by atoms with Crippen molar-refractivity contribution in [2.75, 3.05) is 0 Å². The number of hydrogen-bond acceptors (Lipinski definition) is 5. The lowest BCUT2D eigenvalue weighted by atomic mass is 9.83. The zero-order valence-electron chi connectivity index (χ0n) is 16.7. The number of rotatable bonds is 6. The third-order valence-corrected chi connectivity index (χ3v) is 7.39. The summed E-state index contributed by atoms with van der Waals surface area (Å²) in [6, 6.07) is 20.9. The monoisotopic (exact) mass is 395 g/mol. The van der Waals surface area contributed by atoms with Crippen LogP contribution in [0.15, 0.2) is 71.7 Å². The van der Waals surface area contributed by atoms with E-state index in [1.165, 1.54) is 11.1 Å². The second-order valence-electron chi connectivity index (χ2n) is 8.45. The molecule has 1 fully saturated rings. The van der Waals surface area contributed by atoms with Crippen molar-refractivity contribution in [3.8, 4) is 0 Å². The van der Waals surface area contributed by atoms with E-state index in [1.54, 1.807) is 39.5 Å². The molecule has 0 aromatic heterocycles. The van der Waals surface area contributed by atoms with Gasteiger partial charge in [0.1, 0.15) is 10.9 Å². The first kappa shape index (κ1) is 19.6. The van der Waals surface area contributed by atoms with E-state index < -0.39 is 18.3 Å². The van der Waals surface area contributed by atoms with Crippen LogP contribution in [0.25, 0.3) is 0 Å². The maximum atomic E-state index is 10.6. The van der Waals surface area contributed by atoms with Crippen molar-refractivity contribution >= 4 is 18.9 Å². The average molecular weight is 395 g/mol. The van der Waals surface area contributed by atoms with Gasteiger partial charge in [-0.15, -0.1) is 11.8 Å². The molecule has 1 unspecified atom stereocenters. The molecule has 0 bridgehead atoms. The normalized spacial score (nSPS) is 20.6. The summed E-state index contributed by atoms with van der Waals surface area (Å²) in [5.41, 5.74) is 0.301. The minimum absolute atomic E-state index is 0.177. The molecule has 6 heteroatoms. The summed E-state index contributed by atoms with van der Waals surface area (Å²) < 4.78 is 5.82. The zero-order valence-corrected chi connectivity index (χ0v) is 17.5. The average Bonchev–Trinajstić information content (AvgIpc) is 3.04. The van der Waals surface area contributed by atoms with Crippen LogP contribution >= 0.6 is 11.8 Å². The van der Waals surface area contributed by atoms with E-state index >= 15 is 0 Å². The minimum Gasteiger partial charge on any atom is -0.423 e. The summed E-state index contributed by atoms with van der Waals surface area (Å²) in [7, 11) is -1.07. The van der Waals surface area contributed by atoms with Gasteiger partial charge in [0.05, 0.1) is 11.2 Å². The van der Waals surface area contributed by atoms with Crippen molar-refractivity contribution in [3.05, 3.63) is 82.8 Å². The minimum atomic E-state index is -1.07. The van der Waals surface area contributed by atoms with Crippen LogP contribution in [-0.2, 0) is 10.2 Å². The van der Waals surface area contributed by atoms with Crippen molar-refractivity contribution < 1.29 is 14.8 Å². The van der Waals surface area contributed by atoms with E-state index in [0.717, 1.165) is 4.80 Å². The van der Waals surface area contributed by atoms with Gasteiger partial charge in [-0.1, -0.05) is 60.7 Å². The van der Waals surface area contributed by atoms with Gasteiger partial charge in [-0.05, 0) is 38.8 Å². The molecular weight excluding hydrogens is 369 g/mol. The Morgan fingerprint density at radius 1 is 0.964 bits per heavy atom. The molecule has 1 atom stereocenters. The lowest BCUT2D eigenvalue weighted by Crippen LogP contribution is -2.50. The van der Waals surface area contributed by atoms with E-state index in [-0.39, 0.29) is 10.9 Å². The second-order valence-corrected chi connectivity index (χ2v) is 9.60. The van der Waals surface area contributed by atoms with Gasteiger partial charge in [0.2, 0.25) is 0 Å². The summed E-state index contributed by atoms with van der Waals surface area (Å²) in [4.78, 5) is 3.05. The zero-order chi connectivity index (χ0) is 20.2. The molecule has 0 radical (unpaired) electrons. The number of aliphatic hydroxyl groups is 1. The molecule has 0 saturated carbocycles. The van der Waals surface area contributed by atoms with E-state index in [2.05, 4.69) is 53.4 Å². The summed E-state index contributed by atoms with van der Waals surface area (Å²) in [5.74, 6) is 0. The number of hydrogen-bond donors (Lipinski definition) is 2. The van der Waals surface area contributed by atoms with Gasteiger partial charge in [-0.2, -0.15) is 0 Å². The fourth-order valence-corrected chi connectivity index (χ4v) is 5.07. The van der Waals surface area contributed by atoms with Crippen LogP contribution < -0.4 is 0 Å². The van der Waals surface area contributed by atoms with Gasteiger partial charge in [-0.25, -0.2) is 0 Å². The van der Waals surface area contributed by atoms with Crippen molar-refractivity contribution in [1.29, 1.82) is 0 Å². The van der Waals surface area contributed by atoms with Crippen molar-refractivity contribution in [2.24, 2.45) is 0 Å². The highest BCUT2D eigenvalue weighted by Gasteiger charge is 2.67. The largest absolute Gasteiger partial charge is 0.499 e. The van der Waals surface area contributed by atoms with Gasteiger partial charge in [-0.3, -0.25) is 0 Å². The predicted octanol–water partition coefficient (Wildman–Crippen LogP) is 3.75. The Labute approximate surface area is 171 Å². The third-order valence-electron chi connectivity index (χ3n) is 6.01. The van der Waals surface area contributed by atoms with Crippen LogP contribution in [-0.4, -0.2) is 38.7 Å². The first-order valence-electron chi connectivity index (χ1n) is 9.54. The highest BCUT2D eigenvalue weighted by molar-refractivity contribution is 8.05. The first-order chi connectivity index (χ1) is 13.2. The molecule has 28 heavy (non-hydrogen) atoms. The molecule has 2 N–H and O–H groups in total. The predicted molar refractivity (Wildman–Crippen MR) is 114 cm³/mol. The molecule has 1 saturated heterocycles. The summed E-state index contributed by atoms with van der Waals surface area (Å²) in [6.07, 6.45) is 2.00. The van der Waals surface area contributed by atoms with Crippen LogP contribution in [0.5, 0.6) is 0 Å². The number of thioether (sulfide) groups is 1. The van der Waals surface area contributed by atoms with Gasteiger partial charge in [0.15, 0.2) is 0 Å². The molecule has 4 nitrogen and oxygen atoms in total. The van der Waals surface area contributed by atoms with E-state index in [4.69, 9.17) is 4.65 Å². The topological polar surface area (TPSA) is 52.7 Å². The Balaban J connectivity index is 1.62. The first-order valence-corrected chi connectivity index (χ1v) is 10.4. The van der Waals surface area contributed by atoms with Gasteiger partial charge < -0.3 is 19.7 Å². The molecule has 4 rings (SSSR count). The molecule has 2 aliphatic heterocycles. The van der Waals surface area contributed by atoms with Crippen LogP contribution in [0.1, 0.15) is 38.8 Å². The highest BCUT2D eigenvalue weighted by Crippen LogP contribution is 2.65. The van der Waals surface area contributed by atoms with E-state index in [0.29, 0.717) is 0 Å². The summed E-state index contributed by atoms with van der Waals surface area (Å²) in [5, 5.41) is 21.1. The molecule has 2 aromatic carbocycles. The molecule has 0 spiro atoms. The Morgan fingerprint density at radius 3 is 1.86 bits per heavy atom. The van der Waals surface area contributed by atoms with Crippen LogP contribution in [0.4, 0.5) is 0 Å². The maximum Gasteiger partial charge on any atom is 0.499 e. The molecule has 0 amide bonds. The molecular formula is C22H26BNO3S. The Kier molecular flexibility index (Phi) is 4.66. The van der Waals surface area contributed by atoms with Gasteiger partial charge in [0, 0.05) is 11.0 Å².